The molecule has 0 radical (unpaired) electrons. The van der Waals surface area contributed by atoms with Crippen molar-refractivity contribution in [3.63, 3.8) is 0 Å². The molecule has 1 fully saturated rings. The molecule has 3 rings (SSSR count). The summed E-state index contributed by atoms with van der Waals surface area (Å²) >= 11 is 6.18. The molecule has 1 saturated carbocycles. The van der Waals surface area contributed by atoms with Crippen molar-refractivity contribution in [3.05, 3.63) is 51.9 Å². The Morgan fingerprint density at radius 1 is 1.35 bits per heavy atom. The van der Waals surface area contributed by atoms with E-state index in [2.05, 4.69) is 17.3 Å². The summed E-state index contributed by atoms with van der Waals surface area (Å²) in [5, 5.41) is 7.67. The maximum Gasteiger partial charge on any atom is 0.292 e. The number of benzene rings is 1. The van der Waals surface area contributed by atoms with Crippen molar-refractivity contribution in [2.45, 2.75) is 25.8 Å². The van der Waals surface area contributed by atoms with E-state index in [1.54, 1.807) is 6.20 Å². The summed E-state index contributed by atoms with van der Waals surface area (Å²) in [4.78, 5) is 12.3. The summed E-state index contributed by atoms with van der Waals surface area (Å²) in [5.74, 6) is 0.683. The van der Waals surface area contributed by atoms with Crippen LogP contribution in [0.5, 0.6) is 0 Å². The van der Waals surface area contributed by atoms with Gasteiger partial charge in [-0.2, -0.15) is 9.78 Å². The van der Waals surface area contributed by atoms with E-state index in [1.165, 1.54) is 17.5 Å². The van der Waals surface area contributed by atoms with Crippen LogP contribution in [-0.4, -0.2) is 15.8 Å². The molecule has 20 heavy (non-hydrogen) atoms. The lowest BCUT2D eigenvalue weighted by Gasteiger charge is -2.15. The van der Waals surface area contributed by atoms with Crippen molar-refractivity contribution in [1.82, 2.24) is 9.78 Å². The predicted octanol–water partition coefficient (Wildman–Crippen LogP) is 3.10. The molecule has 0 unspecified atom stereocenters. The third kappa shape index (κ3) is 2.56. The molecule has 0 amide bonds. The Hall–Kier alpha value is -1.81. The number of aromatic nitrogens is 2. The molecule has 104 valence electrons. The fourth-order valence-electron chi connectivity index (χ4n) is 2.25. The Morgan fingerprint density at radius 3 is 2.70 bits per heavy atom. The number of hydrogen-bond donors (Lipinski definition) is 1. The molecule has 0 aliphatic heterocycles. The van der Waals surface area contributed by atoms with Crippen LogP contribution < -0.4 is 10.9 Å². The Balaban J connectivity index is 1.92. The number of nitrogens with one attached hydrogen (secondary N) is 1. The first-order valence-corrected chi connectivity index (χ1v) is 7.14. The molecule has 1 N–H and O–H groups in total. The minimum Gasteiger partial charge on any atom is -0.380 e. The average molecular weight is 290 g/mol. The van der Waals surface area contributed by atoms with Crippen molar-refractivity contribution in [2.24, 2.45) is 5.92 Å². The normalized spacial score (nSPS) is 15.9. The minimum absolute atomic E-state index is 0.191. The predicted molar refractivity (Wildman–Crippen MR) is 80.7 cm³/mol. The minimum atomic E-state index is -0.300. The van der Waals surface area contributed by atoms with Gasteiger partial charge in [0.1, 0.15) is 5.02 Å². The fraction of sp³-hybridized carbons (Fsp3) is 0.333. The number of anilines is 1. The molecule has 1 aromatic heterocycles. The van der Waals surface area contributed by atoms with E-state index in [1.807, 2.05) is 30.3 Å². The number of rotatable bonds is 4. The van der Waals surface area contributed by atoms with Gasteiger partial charge in [-0.25, -0.2) is 0 Å². The highest BCUT2D eigenvalue weighted by molar-refractivity contribution is 6.32. The first kappa shape index (κ1) is 13.2. The van der Waals surface area contributed by atoms with E-state index >= 15 is 0 Å². The van der Waals surface area contributed by atoms with Gasteiger partial charge in [0.2, 0.25) is 0 Å². The second-order valence-electron chi connectivity index (χ2n) is 5.20. The van der Waals surface area contributed by atoms with Gasteiger partial charge < -0.3 is 5.32 Å². The van der Waals surface area contributed by atoms with Crippen LogP contribution in [0.15, 0.2) is 41.3 Å². The summed E-state index contributed by atoms with van der Waals surface area (Å²) in [6.45, 7) is 2.11. The number of nitrogens with zero attached hydrogens (tertiary/aromatic N) is 2. The van der Waals surface area contributed by atoms with Crippen molar-refractivity contribution in [2.75, 3.05) is 5.32 Å². The van der Waals surface area contributed by atoms with Crippen LogP contribution in [0.25, 0.3) is 5.69 Å². The molecule has 1 atom stereocenters. The lowest BCUT2D eigenvalue weighted by molar-refractivity contribution is 0.690. The van der Waals surface area contributed by atoms with E-state index in [-0.39, 0.29) is 10.6 Å². The Morgan fingerprint density at radius 2 is 2.05 bits per heavy atom. The average Bonchev–Trinajstić information content (AvgIpc) is 3.29. The number of halogens is 1. The van der Waals surface area contributed by atoms with Crippen molar-refractivity contribution >= 4 is 17.3 Å². The molecule has 1 heterocycles. The molecule has 1 aliphatic rings. The fourth-order valence-corrected chi connectivity index (χ4v) is 2.43. The van der Waals surface area contributed by atoms with Gasteiger partial charge in [0.05, 0.1) is 17.6 Å². The summed E-state index contributed by atoms with van der Waals surface area (Å²) in [6, 6.07) is 9.58. The summed E-state index contributed by atoms with van der Waals surface area (Å²) in [6.07, 6.45) is 4.09. The van der Waals surface area contributed by atoms with E-state index in [9.17, 15) is 4.79 Å². The van der Waals surface area contributed by atoms with Crippen LogP contribution in [0.3, 0.4) is 0 Å². The Kier molecular flexibility index (Phi) is 3.49. The van der Waals surface area contributed by atoms with E-state index in [4.69, 9.17) is 11.6 Å². The van der Waals surface area contributed by atoms with Crippen molar-refractivity contribution in [1.29, 1.82) is 0 Å². The molecular weight excluding hydrogens is 274 g/mol. The standard InChI is InChI=1S/C15H16ClN3O/c1-10(11-7-8-11)18-13-9-17-19(15(20)14(13)16)12-5-3-2-4-6-12/h2-6,9-11,18H,7-8H2,1H3/t10-/m1/s1. The largest absolute Gasteiger partial charge is 0.380 e. The van der Waals surface area contributed by atoms with Gasteiger partial charge in [-0.15, -0.1) is 0 Å². The van der Waals surface area contributed by atoms with Gasteiger partial charge in [0.25, 0.3) is 5.56 Å². The summed E-state index contributed by atoms with van der Waals surface area (Å²) in [5.41, 5.74) is 1.02. The molecule has 2 aromatic rings. The maximum atomic E-state index is 12.3. The van der Waals surface area contributed by atoms with Gasteiger partial charge in [-0.05, 0) is 37.8 Å². The number of hydrogen-bond acceptors (Lipinski definition) is 3. The van der Waals surface area contributed by atoms with Gasteiger partial charge in [-0.1, -0.05) is 29.8 Å². The quantitative estimate of drug-likeness (QED) is 0.941. The smallest absolute Gasteiger partial charge is 0.292 e. The van der Waals surface area contributed by atoms with Gasteiger partial charge in [0, 0.05) is 6.04 Å². The summed E-state index contributed by atoms with van der Waals surface area (Å²) in [7, 11) is 0. The van der Waals surface area contributed by atoms with Crippen LogP contribution in [0.1, 0.15) is 19.8 Å². The lowest BCUT2D eigenvalue weighted by atomic mass is 10.2. The van der Waals surface area contributed by atoms with E-state index in [0.29, 0.717) is 23.3 Å². The zero-order valence-corrected chi connectivity index (χ0v) is 12.0. The zero-order chi connectivity index (χ0) is 14.1. The molecule has 0 spiro atoms. The molecule has 4 nitrogen and oxygen atoms in total. The van der Waals surface area contributed by atoms with Crippen LogP contribution in [0, 0.1) is 5.92 Å². The molecule has 0 saturated heterocycles. The third-order valence-electron chi connectivity index (χ3n) is 3.63. The van der Waals surface area contributed by atoms with Crippen LogP contribution >= 0.6 is 11.6 Å². The molecule has 0 bridgehead atoms. The Bertz CT molecular complexity index is 665. The first-order chi connectivity index (χ1) is 9.66. The SMILES string of the molecule is C[C@@H](Nc1cnn(-c2ccccc2)c(=O)c1Cl)C1CC1. The highest BCUT2D eigenvalue weighted by atomic mass is 35.5. The highest BCUT2D eigenvalue weighted by Crippen LogP contribution is 2.34. The highest BCUT2D eigenvalue weighted by Gasteiger charge is 2.28. The zero-order valence-electron chi connectivity index (χ0n) is 11.2. The number of para-hydroxylation sites is 1. The van der Waals surface area contributed by atoms with Crippen LogP contribution in [-0.2, 0) is 0 Å². The third-order valence-corrected chi connectivity index (χ3v) is 4.00. The first-order valence-electron chi connectivity index (χ1n) is 6.76. The Labute approximate surface area is 122 Å². The topological polar surface area (TPSA) is 46.9 Å². The van der Waals surface area contributed by atoms with E-state index < -0.39 is 0 Å². The van der Waals surface area contributed by atoms with Gasteiger partial charge in [0.15, 0.2) is 0 Å². The summed E-state index contributed by atoms with van der Waals surface area (Å²) < 4.78 is 1.31. The van der Waals surface area contributed by atoms with Gasteiger partial charge >= 0.3 is 0 Å². The second-order valence-corrected chi connectivity index (χ2v) is 5.57. The molecule has 1 aliphatic carbocycles. The van der Waals surface area contributed by atoms with Gasteiger partial charge in [-0.3, -0.25) is 4.79 Å². The molecule has 5 heteroatoms. The van der Waals surface area contributed by atoms with E-state index in [0.717, 1.165) is 0 Å². The molecule has 1 aromatic carbocycles. The van der Waals surface area contributed by atoms with Crippen LogP contribution in [0.4, 0.5) is 5.69 Å². The lowest BCUT2D eigenvalue weighted by Crippen LogP contribution is -2.25. The monoisotopic (exact) mass is 289 g/mol. The maximum absolute atomic E-state index is 12.3. The molecular formula is C15H16ClN3O. The second kappa shape index (κ2) is 5.29. The van der Waals surface area contributed by atoms with Crippen molar-refractivity contribution in [3.8, 4) is 5.69 Å². The van der Waals surface area contributed by atoms with Crippen molar-refractivity contribution < 1.29 is 0 Å². The van der Waals surface area contributed by atoms with Crippen LogP contribution in [0.2, 0.25) is 5.02 Å².